The van der Waals surface area contributed by atoms with E-state index in [1.165, 1.54) is 13.1 Å². The summed E-state index contributed by atoms with van der Waals surface area (Å²) >= 11 is 0. The summed E-state index contributed by atoms with van der Waals surface area (Å²) in [6.07, 6.45) is 6.14. The van der Waals surface area contributed by atoms with Crippen molar-refractivity contribution in [3.63, 3.8) is 0 Å². The first-order valence-electron chi connectivity index (χ1n) is 13.7. The van der Waals surface area contributed by atoms with Crippen LogP contribution in [0.4, 0.5) is 11.6 Å². The molecule has 1 heterocycles. The largest absolute Gasteiger partial charge is 0.390 e. The molecule has 9 nitrogen and oxygen atoms in total. The summed E-state index contributed by atoms with van der Waals surface area (Å²) in [5, 5.41) is 19.8. The molecule has 0 saturated heterocycles. The van der Waals surface area contributed by atoms with Crippen molar-refractivity contribution in [1.29, 1.82) is 0 Å². The Labute approximate surface area is 239 Å². The van der Waals surface area contributed by atoms with Crippen LogP contribution in [0, 0.1) is 24.2 Å². The quantitative estimate of drug-likeness (QED) is 0.258. The lowest BCUT2D eigenvalue weighted by Gasteiger charge is -2.28. The number of nitrogens with zero attached hydrogens (tertiary/aromatic N) is 2. The molecule has 0 aliphatic heterocycles. The van der Waals surface area contributed by atoms with Crippen LogP contribution in [0.2, 0.25) is 0 Å². The maximum atomic E-state index is 13.6. The van der Waals surface area contributed by atoms with Gasteiger partial charge in [0.05, 0.1) is 22.9 Å². The molecule has 0 bridgehead atoms. The molecule has 1 aromatic heterocycles. The van der Waals surface area contributed by atoms with E-state index in [9.17, 15) is 18.3 Å². The van der Waals surface area contributed by atoms with Gasteiger partial charge in [0.2, 0.25) is 10.0 Å². The van der Waals surface area contributed by atoms with Crippen LogP contribution in [-0.4, -0.2) is 67.5 Å². The number of sulfonamides is 1. The smallest absolute Gasteiger partial charge is 0.251 e. The van der Waals surface area contributed by atoms with E-state index in [-0.39, 0.29) is 17.9 Å². The minimum absolute atomic E-state index is 0.144. The van der Waals surface area contributed by atoms with E-state index in [0.717, 1.165) is 16.3 Å². The average Bonchev–Trinajstić information content (AvgIpc) is 3.64. The number of amides is 1. The van der Waals surface area contributed by atoms with Gasteiger partial charge < -0.3 is 15.7 Å². The van der Waals surface area contributed by atoms with Gasteiger partial charge in [-0.3, -0.25) is 14.4 Å². The molecule has 0 unspecified atom stereocenters. The van der Waals surface area contributed by atoms with Gasteiger partial charge in [-0.1, -0.05) is 43.2 Å². The van der Waals surface area contributed by atoms with E-state index in [2.05, 4.69) is 33.8 Å². The number of hydrogen-bond donors (Lipinski definition) is 4. The Bertz CT molecular complexity index is 1310. The zero-order valence-electron chi connectivity index (χ0n) is 24.3. The summed E-state index contributed by atoms with van der Waals surface area (Å²) in [4.78, 5) is 18.1. The van der Waals surface area contributed by atoms with Crippen molar-refractivity contribution in [2.45, 2.75) is 70.4 Å². The molecule has 1 amide bonds. The van der Waals surface area contributed by atoms with Gasteiger partial charge >= 0.3 is 0 Å². The first kappa shape index (κ1) is 31.4. The Morgan fingerprint density at radius 3 is 2.48 bits per heavy atom. The summed E-state index contributed by atoms with van der Waals surface area (Å²) in [5.74, 6) is 3.90. The van der Waals surface area contributed by atoms with Crippen molar-refractivity contribution >= 4 is 27.6 Å². The number of terminal acetylenes is 1. The van der Waals surface area contributed by atoms with Gasteiger partial charge in [-0.25, -0.2) is 13.4 Å². The second-order valence-corrected chi connectivity index (χ2v) is 14.0. The SMILES string of the molecule is C#CC(C)(C)NC[C@@H](O)[C@H](Cc1ccccc1)NC(=O)c1cc(NC[C@H]2C[C@@H]2C)nc(N(C)S(=O)(=O)C(C)C)c1. The van der Waals surface area contributed by atoms with E-state index in [1.807, 2.05) is 44.2 Å². The summed E-state index contributed by atoms with van der Waals surface area (Å²) in [6, 6.07) is 12.0. The number of aliphatic hydroxyl groups excluding tert-OH is 1. The minimum Gasteiger partial charge on any atom is -0.390 e. The monoisotopic (exact) mass is 569 g/mol. The van der Waals surface area contributed by atoms with Gasteiger partial charge in [-0.2, -0.15) is 0 Å². The number of anilines is 2. The maximum absolute atomic E-state index is 13.6. The van der Waals surface area contributed by atoms with Gasteiger partial charge in [0, 0.05) is 25.7 Å². The lowest BCUT2D eigenvalue weighted by atomic mass is 9.99. The van der Waals surface area contributed by atoms with Gasteiger partial charge in [0.15, 0.2) is 0 Å². The van der Waals surface area contributed by atoms with E-state index in [4.69, 9.17) is 6.42 Å². The molecule has 1 fully saturated rings. The number of β-amino-alcohol motifs (C(OH)–C–C–N with tert-alkyl or cyclic N) is 1. The van der Waals surface area contributed by atoms with Crippen LogP contribution < -0.4 is 20.3 Å². The number of hydrogen-bond acceptors (Lipinski definition) is 7. The van der Waals surface area contributed by atoms with Crippen LogP contribution in [0.15, 0.2) is 42.5 Å². The molecule has 10 heteroatoms. The molecule has 4 atom stereocenters. The number of nitrogens with one attached hydrogen (secondary N) is 3. The Morgan fingerprint density at radius 1 is 1.25 bits per heavy atom. The standard InChI is InChI=1S/C30H43N5O4S/c1-8-30(5,6)32-19-26(36)25(15-22-12-10-9-11-13-22)33-29(37)23-16-27(31-18-24-14-21(24)4)34-28(17-23)35(7)40(38,39)20(2)3/h1,9-13,16-17,20-21,24-26,32,36H,14-15,18-19H2,2-7H3,(H,31,34)(H,33,37)/t21-,24+,25-,26+/m0/s1. The zero-order chi connectivity index (χ0) is 29.7. The van der Waals surface area contributed by atoms with E-state index in [1.54, 1.807) is 19.9 Å². The predicted molar refractivity (Wildman–Crippen MR) is 161 cm³/mol. The van der Waals surface area contributed by atoms with Gasteiger partial charge in [-0.05, 0) is 70.1 Å². The molecular formula is C30H43N5O4S. The average molecular weight is 570 g/mol. The highest BCUT2D eigenvalue weighted by Gasteiger charge is 2.32. The highest BCUT2D eigenvalue weighted by Crippen LogP contribution is 2.37. The maximum Gasteiger partial charge on any atom is 0.251 e. The van der Waals surface area contributed by atoms with Crippen LogP contribution >= 0.6 is 0 Å². The van der Waals surface area contributed by atoms with Crippen molar-refractivity contribution in [2.24, 2.45) is 11.8 Å². The van der Waals surface area contributed by atoms with Crippen LogP contribution in [0.3, 0.4) is 0 Å². The molecule has 4 N–H and O–H groups in total. The van der Waals surface area contributed by atoms with E-state index in [0.29, 0.717) is 30.6 Å². The molecule has 0 spiro atoms. The first-order chi connectivity index (χ1) is 18.7. The second kappa shape index (κ2) is 13.0. The zero-order valence-corrected chi connectivity index (χ0v) is 25.1. The molecule has 40 heavy (non-hydrogen) atoms. The molecule has 2 aromatic rings. The lowest BCUT2D eigenvalue weighted by Crippen LogP contribution is -2.51. The van der Waals surface area contributed by atoms with Crippen molar-refractivity contribution in [2.75, 3.05) is 29.8 Å². The Hall–Kier alpha value is -3.13. The lowest BCUT2D eigenvalue weighted by molar-refractivity contribution is 0.0821. The fraction of sp³-hybridized carbons (Fsp3) is 0.533. The highest BCUT2D eigenvalue weighted by molar-refractivity contribution is 7.93. The summed E-state index contributed by atoms with van der Waals surface area (Å²) in [6.45, 7) is 9.89. The van der Waals surface area contributed by atoms with Crippen LogP contribution in [0.25, 0.3) is 0 Å². The van der Waals surface area contributed by atoms with E-state index >= 15 is 0 Å². The van der Waals surface area contributed by atoms with Crippen molar-refractivity contribution in [1.82, 2.24) is 15.6 Å². The summed E-state index contributed by atoms with van der Waals surface area (Å²) in [5.41, 5.74) is 0.556. The van der Waals surface area contributed by atoms with Crippen LogP contribution in [-0.2, 0) is 16.4 Å². The number of aromatic nitrogens is 1. The molecule has 1 aliphatic rings. The molecule has 1 aromatic carbocycles. The Kier molecular flexibility index (Phi) is 10.2. The second-order valence-electron chi connectivity index (χ2n) is 11.5. The Morgan fingerprint density at radius 2 is 1.90 bits per heavy atom. The number of pyridine rings is 1. The number of carbonyl (C=O) groups excluding carboxylic acids is 1. The number of benzene rings is 1. The molecule has 218 valence electrons. The number of aliphatic hydroxyl groups is 1. The summed E-state index contributed by atoms with van der Waals surface area (Å²) in [7, 11) is -2.23. The molecular weight excluding hydrogens is 526 g/mol. The fourth-order valence-corrected chi connectivity index (χ4v) is 5.21. The molecule has 0 radical (unpaired) electrons. The number of rotatable bonds is 14. The van der Waals surface area contributed by atoms with Gasteiger partial charge in [-0.15, -0.1) is 6.42 Å². The fourth-order valence-electron chi connectivity index (χ4n) is 4.22. The normalized spacial score (nSPS) is 18.5. The third-order valence-corrected chi connectivity index (χ3v) is 9.53. The third kappa shape index (κ3) is 8.43. The first-order valence-corrected chi connectivity index (χ1v) is 15.2. The van der Waals surface area contributed by atoms with Crippen molar-refractivity contribution < 1.29 is 18.3 Å². The van der Waals surface area contributed by atoms with Crippen LogP contribution in [0.5, 0.6) is 0 Å². The minimum atomic E-state index is -3.67. The molecule has 1 aliphatic carbocycles. The highest BCUT2D eigenvalue weighted by atomic mass is 32.2. The molecule has 3 rings (SSSR count). The topological polar surface area (TPSA) is 124 Å². The third-order valence-electron chi connectivity index (χ3n) is 7.39. The van der Waals surface area contributed by atoms with Gasteiger partial charge in [0.25, 0.3) is 5.91 Å². The summed E-state index contributed by atoms with van der Waals surface area (Å²) < 4.78 is 26.9. The number of carbonyl (C=O) groups is 1. The Balaban J connectivity index is 1.89. The van der Waals surface area contributed by atoms with Gasteiger partial charge in [0.1, 0.15) is 11.6 Å². The van der Waals surface area contributed by atoms with Crippen LogP contribution in [0.1, 0.15) is 57.0 Å². The van der Waals surface area contributed by atoms with Crippen molar-refractivity contribution in [3.05, 3.63) is 53.6 Å². The van der Waals surface area contributed by atoms with Crippen molar-refractivity contribution in [3.8, 4) is 12.3 Å². The van der Waals surface area contributed by atoms with E-state index < -0.39 is 38.9 Å². The molecule has 1 saturated carbocycles. The predicted octanol–water partition coefficient (Wildman–Crippen LogP) is 3.03.